The molecule has 0 aliphatic heterocycles. The summed E-state index contributed by atoms with van der Waals surface area (Å²) in [6.45, 7) is 0. The van der Waals surface area contributed by atoms with E-state index in [9.17, 15) is 4.79 Å². The van der Waals surface area contributed by atoms with E-state index in [0.717, 1.165) is 21.3 Å². The van der Waals surface area contributed by atoms with Gasteiger partial charge < -0.3 is 0 Å². The van der Waals surface area contributed by atoms with Crippen molar-refractivity contribution in [1.29, 1.82) is 0 Å². The molecular weight excluding hydrogens is 254 g/mol. The molecule has 0 radical (unpaired) electrons. The highest BCUT2D eigenvalue weighted by Gasteiger charge is 2.29. The average molecular weight is 260 g/mol. The van der Waals surface area contributed by atoms with Gasteiger partial charge in [0.25, 0.3) is 0 Å². The molecule has 1 aliphatic carbocycles. The molecule has 2 aromatic rings. The van der Waals surface area contributed by atoms with Crippen molar-refractivity contribution in [3.05, 3.63) is 52.1 Å². The number of hydrogen-bond donors (Lipinski definition) is 0. The van der Waals surface area contributed by atoms with Crippen LogP contribution >= 0.6 is 15.9 Å². The molecule has 15 heavy (non-hydrogen) atoms. The summed E-state index contributed by atoms with van der Waals surface area (Å²) in [5.41, 5.74) is 3.13. The number of benzene rings is 1. The van der Waals surface area contributed by atoms with Crippen LogP contribution in [0.3, 0.4) is 0 Å². The van der Waals surface area contributed by atoms with Gasteiger partial charge in [-0.25, -0.2) is 0 Å². The zero-order valence-corrected chi connectivity index (χ0v) is 9.28. The molecular formula is C12H6BrNO. The van der Waals surface area contributed by atoms with E-state index in [0.29, 0.717) is 5.56 Å². The number of halogens is 1. The summed E-state index contributed by atoms with van der Waals surface area (Å²) in [4.78, 5) is 16.3. The Kier molecular flexibility index (Phi) is 1.76. The first kappa shape index (κ1) is 8.80. The fourth-order valence-corrected chi connectivity index (χ4v) is 2.37. The molecule has 0 atom stereocenters. The smallest absolute Gasteiger partial charge is 0.197 e. The molecule has 0 saturated heterocycles. The molecule has 0 amide bonds. The van der Waals surface area contributed by atoms with Gasteiger partial charge in [-0.2, -0.15) is 0 Å². The fraction of sp³-hybridized carbons (Fsp3) is 0. The van der Waals surface area contributed by atoms with Crippen LogP contribution in [0.2, 0.25) is 0 Å². The molecule has 0 saturated carbocycles. The van der Waals surface area contributed by atoms with Gasteiger partial charge >= 0.3 is 0 Å². The summed E-state index contributed by atoms with van der Waals surface area (Å²) in [6, 6.07) is 9.35. The lowest BCUT2D eigenvalue weighted by Crippen LogP contribution is -1.96. The Balaban J connectivity index is 2.43. The lowest BCUT2D eigenvalue weighted by Gasteiger charge is -1.98. The van der Waals surface area contributed by atoms with Crippen molar-refractivity contribution in [1.82, 2.24) is 4.98 Å². The largest absolute Gasteiger partial charge is 0.288 e. The van der Waals surface area contributed by atoms with E-state index in [4.69, 9.17) is 0 Å². The lowest BCUT2D eigenvalue weighted by molar-refractivity contribution is 0.104. The van der Waals surface area contributed by atoms with Crippen molar-refractivity contribution in [2.75, 3.05) is 0 Å². The molecule has 0 unspecified atom stereocenters. The predicted molar refractivity (Wildman–Crippen MR) is 60.8 cm³/mol. The predicted octanol–water partition coefficient (Wildman–Crippen LogP) is 3.06. The number of nitrogens with zero attached hydrogens (tertiary/aromatic N) is 1. The zero-order chi connectivity index (χ0) is 10.4. The van der Waals surface area contributed by atoms with Gasteiger partial charge in [-0.15, -0.1) is 0 Å². The minimum atomic E-state index is 0.0561. The molecule has 3 rings (SSSR count). The van der Waals surface area contributed by atoms with E-state index in [1.54, 1.807) is 12.3 Å². The quantitative estimate of drug-likeness (QED) is 0.621. The van der Waals surface area contributed by atoms with Gasteiger partial charge in [0.05, 0.1) is 11.3 Å². The summed E-state index contributed by atoms with van der Waals surface area (Å²) in [6.07, 6.45) is 1.71. The minimum absolute atomic E-state index is 0.0561. The summed E-state index contributed by atoms with van der Waals surface area (Å²) >= 11 is 3.39. The fourth-order valence-electron chi connectivity index (χ4n) is 1.88. The van der Waals surface area contributed by atoms with Crippen LogP contribution in [-0.4, -0.2) is 10.8 Å². The monoisotopic (exact) mass is 259 g/mol. The molecule has 0 fully saturated rings. The highest BCUT2D eigenvalue weighted by Crippen LogP contribution is 2.37. The Morgan fingerprint density at radius 1 is 1.07 bits per heavy atom. The molecule has 1 heterocycles. The van der Waals surface area contributed by atoms with Crippen molar-refractivity contribution >= 4 is 21.7 Å². The number of rotatable bonds is 0. The second-order valence-electron chi connectivity index (χ2n) is 3.39. The first-order chi connectivity index (χ1) is 7.29. The van der Waals surface area contributed by atoms with Crippen LogP contribution in [0, 0.1) is 0 Å². The lowest BCUT2D eigenvalue weighted by atomic mass is 10.1. The van der Waals surface area contributed by atoms with Gasteiger partial charge in [-0.05, 0) is 22.0 Å². The molecule has 1 aliphatic rings. The number of aromatic nitrogens is 1. The number of ketones is 1. The van der Waals surface area contributed by atoms with Crippen molar-refractivity contribution < 1.29 is 4.79 Å². The number of carbonyl (C=O) groups is 1. The maximum Gasteiger partial charge on any atom is 0.197 e. The SMILES string of the molecule is O=C1c2ccccc2-c2nccc(Br)c21. The minimum Gasteiger partial charge on any atom is -0.288 e. The molecule has 3 heteroatoms. The molecule has 1 aromatic heterocycles. The molecule has 0 spiro atoms. The summed E-state index contributed by atoms with van der Waals surface area (Å²) in [7, 11) is 0. The van der Waals surface area contributed by atoms with Crippen molar-refractivity contribution in [2.45, 2.75) is 0 Å². The van der Waals surface area contributed by atoms with Crippen LogP contribution in [0.25, 0.3) is 11.3 Å². The van der Waals surface area contributed by atoms with Crippen LogP contribution in [-0.2, 0) is 0 Å². The Morgan fingerprint density at radius 2 is 1.80 bits per heavy atom. The summed E-state index contributed by atoms with van der Waals surface area (Å²) in [5, 5.41) is 0. The normalized spacial score (nSPS) is 12.5. The van der Waals surface area contributed by atoms with E-state index in [1.807, 2.05) is 24.3 Å². The molecule has 1 aromatic carbocycles. The third-order valence-electron chi connectivity index (χ3n) is 2.55. The Morgan fingerprint density at radius 3 is 2.60 bits per heavy atom. The van der Waals surface area contributed by atoms with Gasteiger partial charge in [0.15, 0.2) is 5.78 Å². The maximum absolute atomic E-state index is 12.0. The first-order valence-electron chi connectivity index (χ1n) is 4.57. The Bertz CT molecular complexity index is 578. The van der Waals surface area contributed by atoms with E-state index in [1.165, 1.54) is 0 Å². The van der Waals surface area contributed by atoms with Crippen molar-refractivity contribution in [2.24, 2.45) is 0 Å². The van der Waals surface area contributed by atoms with Crippen molar-refractivity contribution in [3.8, 4) is 11.3 Å². The van der Waals surface area contributed by atoms with Crippen molar-refractivity contribution in [3.63, 3.8) is 0 Å². The van der Waals surface area contributed by atoms with Crippen LogP contribution in [0.15, 0.2) is 41.0 Å². The average Bonchev–Trinajstić information content (AvgIpc) is 2.55. The van der Waals surface area contributed by atoms with Crippen LogP contribution in [0.1, 0.15) is 15.9 Å². The Hall–Kier alpha value is -1.48. The van der Waals surface area contributed by atoms with E-state index >= 15 is 0 Å². The standard InChI is InChI=1S/C12H6BrNO/c13-9-5-6-14-11-7-3-1-2-4-8(7)12(15)10(9)11/h1-6H. The summed E-state index contributed by atoms with van der Waals surface area (Å²) in [5.74, 6) is 0.0561. The molecule has 0 bridgehead atoms. The second-order valence-corrected chi connectivity index (χ2v) is 4.25. The van der Waals surface area contributed by atoms with E-state index in [2.05, 4.69) is 20.9 Å². The number of pyridine rings is 1. The third kappa shape index (κ3) is 1.10. The topological polar surface area (TPSA) is 30.0 Å². The molecule has 72 valence electrons. The summed E-state index contributed by atoms with van der Waals surface area (Å²) < 4.78 is 0.814. The van der Waals surface area contributed by atoms with Gasteiger partial charge in [0, 0.05) is 21.8 Å². The molecule has 2 nitrogen and oxygen atoms in total. The second kappa shape index (κ2) is 3.00. The molecule has 0 N–H and O–H groups in total. The number of hydrogen-bond acceptors (Lipinski definition) is 2. The van der Waals surface area contributed by atoms with E-state index < -0.39 is 0 Å². The zero-order valence-electron chi connectivity index (χ0n) is 7.70. The van der Waals surface area contributed by atoms with E-state index in [-0.39, 0.29) is 5.78 Å². The Labute approximate surface area is 95.1 Å². The van der Waals surface area contributed by atoms with Gasteiger partial charge in [-0.3, -0.25) is 9.78 Å². The van der Waals surface area contributed by atoms with Crippen LogP contribution < -0.4 is 0 Å². The third-order valence-corrected chi connectivity index (χ3v) is 3.21. The highest BCUT2D eigenvalue weighted by molar-refractivity contribution is 9.10. The number of fused-ring (bicyclic) bond motifs is 3. The van der Waals surface area contributed by atoms with Gasteiger partial charge in [-0.1, -0.05) is 24.3 Å². The number of carbonyl (C=O) groups excluding carboxylic acids is 1. The van der Waals surface area contributed by atoms with Gasteiger partial charge in [0.2, 0.25) is 0 Å². The van der Waals surface area contributed by atoms with Crippen LogP contribution in [0.4, 0.5) is 0 Å². The first-order valence-corrected chi connectivity index (χ1v) is 5.37. The highest BCUT2D eigenvalue weighted by atomic mass is 79.9. The maximum atomic E-state index is 12.0. The van der Waals surface area contributed by atoms with Crippen LogP contribution in [0.5, 0.6) is 0 Å². The van der Waals surface area contributed by atoms with Gasteiger partial charge in [0.1, 0.15) is 0 Å².